The number of benzene rings is 2. The fourth-order valence-electron chi connectivity index (χ4n) is 3.67. The highest BCUT2D eigenvalue weighted by Gasteiger charge is 2.23. The number of rotatable bonds is 10. The van der Waals surface area contributed by atoms with E-state index in [4.69, 9.17) is 4.74 Å². The van der Waals surface area contributed by atoms with Gasteiger partial charge in [-0.15, -0.1) is 28.1 Å². The molecule has 2 aromatic carbocycles. The molecule has 184 valence electrons. The van der Waals surface area contributed by atoms with E-state index in [0.29, 0.717) is 22.3 Å². The maximum absolute atomic E-state index is 12.9. The number of aromatic nitrogens is 3. The largest absolute Gasteiger partial charge is 0.462 e. The number of thiophene rings is 1. The van der Waals surface area contributed by atoms with Gasteiger partial charge in [-0.2, -0.15) is 0 Å². The fraction of sp³-hybridized carbons (Fsp3) is 0.185. The maximum atomic E-state index is 12.9. The van der Waals surface area contributed by atoms with Gasteiger partial charge in [0.15, 0.2) is 11.0 Å². The van der Waals surface area contributed by atoms with E-state index in [2.05, 4.69) is 22.1 Å². The first kappa shape index (κ1) is 25.4. The van der Waals surface area contributed by atoms with Crippen molar-refractivity contribution in [3.05, 3.63) is 83.8 Å². The summed E-state index contributed by atoms with van der Waals surface area (Å²) in [5.74, 6) is 0.104. The standard InChI is InChI=1S/C27H26N4O3S2/c1-4-14-31-24(20-13-9-10-18(3)15-20)29-30-27(31)36-17-22(32)28-25-23(26(33)34-5-2)21(16-35-25)19-11-7-6-8-12-19/h4,6-13,15-16H,1,5,14,17H2,2-3H3,(H,28,32). The van der Waals surface area contributed by atoms with Crippen LogP contribution in [0, 0.1) is 6.92 Å². The molecular weight excluding hydrogens is 492 g/mol. The lowest BCUT2D eigenvalue weighted by Gasteiger charge is -2.10. The summed E-state index contributed by atoms with van der Waals surface area (Å²) in [6.45, 7) is 8.38. The molecule has 0 saturated heterocycles. The molecule has 0 bridgehead atoms. The third-order valence-electron chi connectivity index (χ3n) is 5.25. The molecule has 1 N–H and O–H groups in total. The Morgan fingerprint density at radius 3 is 2.64 bits per heavy atom. The van der Waals surface area contributed by atoms with E-state index in [9.17, 15) is 9.59 Å². The van der Waals surface area contributed by atoms with Crippen LogP contribution in [-0.2, 0) is 16.1 Å². The summed E-state index contributed by atoms with van der Waals surface area (Å²) in [4.78, 5) is 25.7. The molecule has 0 spiro atoms. The molecule has 9 heteroatoms. The second kappa shape index (κ2) is 11.8. The van der Waals surface area contributed by atoms with Gasteiger partial charge in [0.1, 0.15) is 10.6 Å². The molecule has 0 aliphatic carbocycles. The van der Waals surface area contributed by atoms with Gasteiger partial charge in [0.05, 0.1) is 12.4 Å². The molecular formula is C27H26N4O3S2. The molecule has 0 saturated carbocycles. The number of aryl methyl sites for hydroxylation is 1. The second-order valence-corrected chi connectivity index (χ2v) is 9.67. The summed E-state index contributed by atoms with van der Waals surface area (Å²) < 4.78 is 7.21. The highest BCUT2D eigenvalue weighted by Crippen LogP contribution is 2.36. The molecule has 2 heterocycles. The van der Waals surface area contributed by atoms with Crippen molar-refractivity contribution in [3.63, 3.8) is 0 Å². The van der Waals surface area contributed by atoms with Gasteiger partial charge in [-0.05, 0) is 25.5 Å². The van der Waals surface area contributed by atoms with Crippen LogP contribution in [0.1, 0.15) is 22.8 Å². The topological polar surface area (TPSA) is 86.1 Å². The van der Waals surface area contributed by atoms with Crippen LogP contribution in [0.15, 0.2) is 77.8 Å². The van der Waals surface area contributed by atoms with E-state index < -0.39 is 5.97 Å². The Morgan fingerprint density at radius 1 is 1.14 bits per heavy atom. The Balaban J connectivity index is 1.52. The quantitative estimate of drug-likeness (QED) is 0.156. The predicted molar refractivity (Wildman–Crippen MR) is 145 cm³/mol. The number of nitrogens with zero attached hydrogens (tertiary/aromatic N) is 3. The average Bonchev–Trinajstić information content (AvgIpc) is 3.48. The van der Waals surface area contributed by atoms with Gasteiger partial charge < -0.3 is 10.1 Å². The summed E-state index contributed by atoms with van der Waals surface area (Å²) in [5, 5.41) is 14.5. The smallest absolute Gasteiger partial charge is 0.341 e. The molecule has 36 heavy (non-hydrogen) atoms. The molecule has 7 nitrogen and oxygen atoms in total. The Morgan fingerprint density at radius 2 is 1.92 bits per heavy atom. The van der Waals surface area contributed by atoms with Crippen LogP contribution in [0.3, 0.4) is 0 Å². The summed E-state index contributed by atoms with van der Waals surface area (Å²) in [7, 11) is 0. The van der Waals surface area contributed by atoms with Crippen molar-refractivity contribution in [1.29, 1.82) is 0 Å². The number of allylic oxidation sites excluding steroid dienone is 1. The van der Waals surface area contributed by atoms with Crippen LogP contribution < -0.4 is 5.32 Å². The Hall–Kier alpha value is -3.69. The van der Waals surface area contributed by atoms with Gasteiger partial charge in [0, 0.05) is 23.1 Å². The van der Waals surface area contributed by atoms with Gasteiger partial charge in [-0.1, -0.05) is 71.9 Å². The summed E-state index contributed by atoms with van der Waals surface area (Å²) in [6, 6.07) is 17.6. The Bertz CT molecular complexity index is 1380. The number of ether oxygens (including phenoxy) is 1. The number of carbonyl (C=O) groups is 2. The van der Waals surface area contributed by atoms with Crippen LogP contribution in [-0.4, -0.2) is 39.0 Å². The molecule has 0 aliphatic rings. The lowest BCUT2D eigenvalue weighted by molar-refractivity contribution is -0.113. The third-order valence-corrected chi connectivity index (χ3v) is 7.11. The lowest BCUT2D eigenvalue weighted by atomic mass is 10.0. The van der Waals surface area contributed by atoms with E-state index in [1.54, 1.807) is 13.0 Å². The highest BCUT2D eigenvalue weighted by molar-refractivity contribution is 7.99. The number of anilines is 1. The number of nitrogens with one attached hydrogen (secondary N) is 1. The Kier molecular flexibility index (Phi) is 8.35. The highest BCUT2D eigenvalue weighted by atomic mass is 32.2. The number of amides is 1. The van der Waals surface area contributed by atoms with Gasteiger partial charge in [-0.3, -0.25) is 9.36 Å². The maximum Gasteiger partial charge on any atom is 0.341 e. The zero-order chi connectivity index (χ0) is 25.5. The molecule has 4 rings (SSSR count). The van der Waals surface area contributed by atoms with Gasteiger partial charge in [0.2, 0.25) is 5.91 Å². The van der Waals surface area contributed by atoms with Crippen molar-refractivity contribution in [2.24, 2.45) is 0 Å². The van der Waals surface area contributed by atoms with Crippen molar-refractivity contribution in [3.8, 4) is 22.5 Å². The molecule has 0 radical (unpaired) electrons. The number of carbonyl (C=O) groups excluding carboxylic acids is 2. The Labute approximate surface area is 218 Å². The third kappa shape index (κ3) is 5.75. The molecule has 2 aromatic heterocycles. The van der Waals surface area contributed by atoms with Crippen molar-refractivity contribution in [2.45, 2.75) is 25.5 Å². The minimum atomic E-state index is -0.464. The van der Waals surface area contributed by atoms with E-state index in [1.165, 1.54) is 23.1 Å². The van der Waals surface area contributed by atoms with Gasteiger partial charge in [-0.25, -0.2) is 4.79 Å². The number of thioether (sulfide) groups is 1. The molecule has 0 fully saturated rings. The van der Waals surface area contributed by atoms with E-state index in [0.717, 1.165) is 28.1 Å². The molecule has 0 unspecified atom stereocenters. The average molecular weight is 519 g/mol. The monoisotopic (exact) mass is 518 g/mol. The van der Waals surface area contributed by atoms with Crippen LogP contribution in [0.25, 0.3) is 22.5 Å². The number of esters is 1. The SMILES string of the molecule is C=CCn1c(SCC(=O)Nc2scc(-c3ccccc3)c2C(=O)OCC)nnc1-c1cccc(C)c1. The van der Waals surface area contributed by atoms with E-state index >= 15 is 0 Å². The van der Waals surface area contributed by atoms with Gasteiger partial charge >= 0.3 is 5.97 Å². The zero-order valence-electron chi connectivity index (χ0n) is 20.1. The minimum Gasteiger partial charge on any atom is -0.462 e. The fourth-order valence-corrected chi connectivity index (χ4v) is 5.39. The number of hydrogen-bond acceptors (Lipinski definition) is 7. The second-order valence-electron chi connectivity index (χ2n) is 7.85. The lowest BCUT2D eigenvalue weighted by Crippen LogP contribution is -2.17. The van der Waals surface area contributed by atoms with Crippen molar-refractivity contribution >= 4 is 40.0 Å². The minimum absolute atomic E-state index is 0.101. The normalized spacial score (nSPS) is 10.7. The zero-order valence-corrected chi connectivity index (χ0v) is 21.7. The van der Waals surface area contributed by atoms with Crippen LogP contribution in [0.5, 0.6) is 0 Å². The summed E-state index contributed by atoms with van der Waals surface area (Å²) in [6.07, 6.45) is 1.77. The molecule has 1 amide bonds. The van der Waals surface area contributed by atoms with Crippen molar-refractivity contribution in [2.75, 3.05) is 17.7 Å². The van der Waals surface area contributed by atoms with Crippen LogP contribution in [0.4, 0.5) is 5.00 Å². The number of hydrogen-bond donors (Lipinski definition) is 1. The van der Waals surface area contributed by atoms with E-state index in [-0.39, 0.29) is 18.3 Å². The predicted octanol–water partition coefficient (Wildman–Crippen LogP) is 6.08. The van der Waals surface area contributed by atoms with E-state index in [1.807, 2.05) is 71.5 Å². The first-order valence-corrected chi connectivity index (χ1v) is 13.3. The van der Waals surface area contributed by atoms with Crippen LogP contribution >= 0.6 is 23.1 Å². The first-order valence-electron chi connectivity index (χ1n) is 11.4. The van der Waals surface area contributed by atoms with Crippen LogP contribution in [0.2, 0.25) is 0 Å². The molecule has 0 atom stereocenters. The summed E-state index contributed by atoms with van der Waals surface area (Å²) >= 11 is 2.58. The molecule has 0 aliphatic heterocycles. The van der Waals surface area contributed by atoms with Crippen molar-refractivity contribution in [1.82, 2.24) is 14.8 Å². The summed E-state index contributed by atoms with van der Waals surface area (Å²) in [5.41, 5.74) is 4.05. The first-order chi connectivity index (χ1) is 17.5. The van der Waals surface area contributed by atoms with Gasteiger partial charge in [0.25, 0.3) is 0 Å². The van der Waals surface area contributed by atoms with Crippen molar-refractivity contribution < 1.29 is 14.3 Å². The molecule has 4 aromatic rings.